The molecule has 6 nitrogen and oxygen atoms in total. The van der Waals surface area contributed by atoms with Crippen molar-refractivity contribution in [1.82, 2.24) is 9.88 Å². The lowest BCUT2D eigenvalue weighted by Gasteiger charge is -2.34. The first-order valence-electron chi connectivity index (χ1n) is 7.56. The van der Waals surface area contributed by atoms with E-state index in [1.54, 1.807) is 6.92 Å². The van der Waals surface area contributed by atoms with Crippen LogP contribution in [-0.4, -0.2) is 33.5 Å². The van der Waals surface area contributed by atoms with Crippen LogP contribution in [0.15, 0.2) is 11.3 Å². The molecule has 1 aliphatic carbocycles. The second kappa shape index (κ2) is 6.08. The normalized spacial score (nSPS) is 18.1. The monoisotopic (exact) mass is 321 g/mol. The van der Waals surface area contributed by atoms with Crippen molar-refractivity contribution in [3.63, 3.8) is 0 Å². The van der Waals surface area contributed by atoms with Gasteiger partial charge in [0.1, 0.15) is 4.88 Å². The maximum absolute atomic E-state index is 12.9. The smallest absolute Gasteiger partial charge is 0.410 e. The van der Waals surface area contributed by atoms with Crippen LogP contribution in [0.25, 0.3) is 0 Å². The van der Waals surface area contributed by atoms with Crippen molar-refractivity contribution in [1.29, 1.82) is 0 Å². The second-order valence-electron chi connectivity index (χ2n) is 5.68. The van der Waals surface area contributed by atoms with Gasteiger partial charge in [0.2, 0.25) is 0 Å². The van der Waals surface area contributed by atoms with E-state index >= 15 is 0 Å². The summed E-state index contributed by atoms with van der Waals surface area (Å²) in [5.74, 6) is -0.0393. The van der Waals surface area contributed by atoms with Crippen LogP contribution in [0.5, 0.6) is 0 Å². The van der Waals surface area contributed by atoms with Crippen molar-refractivity contribution in [2.24, 2.45) is 0 Å². The Morgan fingerprint density at radius 2 is 1.95 bits per heavy atom. The Morgan fingerprint density at radius 3 is 2.73 bits per heavy atom. The van der Waals surface area contributed by atoms with E-state index in [0.29, 0.717) is 10.6 Å². The molecule has 2 N–H and O–H groups in total. The maximum Gasteiger partial charge on any atom is 0.410 e. The van der Waals surface area contributed by atoms with Gasteiger partial charge in [-0.15, -0.1) is 0 Å². The van der Waals surface area contributed by atoms with Crippen molar-refractivity contribution in [2.45, 2.75) is 45.4 Å². The average molecular weight is 321 g/mol. The number of allylic oxidation sites excluding steroid dienone is 2. The lowest BCUT2D eigenvalue weighted by Crippen LogP contribution is -2.35. The van der Waals surface area contributed by atoms with Gasteiger partial charge in [-0.25, -0.2) is 9.78 Å². The summed E-state index contributed by atoms with van der Waals surface area (Å²) in [6, 6.07) is 0. The van der Waals surface area contributed by atoms with E-state index in [1.165, 1.54) is 17.7 Å². The highest BCUT2D eigenvalue weighted by atomic mass is 32.1. The molecular formula is C15H19N3O3S. The van der Waals surface area contributed by atoms with Gasteiger partial charge < -0.3 is 10.0 Å². The van der Waals surface area contributed by atoms with Crippen molar-refractivity contribution in [3.05, 3.63) is 21.8 Å². The number of hydrogen-bond acceptors (Lipinski definition) is 4. The number of anilines is 1. The number of amides is 2. The number of carbonyl (C=O) groups is 2. The van der Waals surface area contributed by atoms with Crippen molar-refractivity contribution in [2.75, 3.05) is 11.9 Å². The Balaban J connectivity index is 1.87. The van der Waals surface area contributed by atoms with E-state index in [-0.39, 0.29) is 11.0 Å². The number of hydrogen-bond donors (Lipinski definition) is 2. The summed E-state index contributed by atoms with van der Waals surface area (Å²) in [5.41, 5.74) is 3.21. The average Bonchev–Trinajstić information content (AvgIpc) is 2.85. The highest BCUT2D eigenvalue weighted by Crippen LogP contribution is 2.36. The Kier molecular flexibility index (Phi) is 4.15. The van der Waals surface area contributed by atoms with E-state index in [2.05, 4.69) is 10.3 Å². The summed E-state index contributed by atoms with van der Waals surface area (Å²) in [6.45, 7) is 2.49. The Labute approximate surface area is 132 Å². The number of nitrogens with one attached hydrogen (secondary N) is 1. The third-order valence-corrected chi connectivity index (χ3v) is 5.25. The molecule has 2 amide bonds. The molecule has 0 unspecified atom stereocenters. The van der Waals surface area contributed by atoms with E-state index in [1.807, 2.05) is 4.90 Å². The van der Waals surface area contributed by atoms with Gasteiger partial charge in [0.15, 0.2) is 5.13 Å². The van der Waals surface area contributed by atoms with Gasteiger partial charge >= 0.3 is 6.09 Å². The van der Waals surface area contributed by atoms with Crippen LogP contribution in [-0.2, 0) is 0 Å². The lowest BCUT2D eigenvalue weighted by atomic mass is 9.89. The summed E-state index contributed by atoms with van der Waals surface area (Å²) in [5, 5.41) is 11.2. The number of carbonyl (C=O) groups excluding carboxylic acids is 1. The zero-order valence-electron chi connectivity index (χ0n) is 12.5. The van der Waals surface area contributed by atoms with Gasteiger partial charge in [-0.2, -0.15) is 0 Å². The van der Waals surface area contributed by atoms with Crippen LogP contribution in [0.2, 0.25) is 0 Å². The van der Waals surface area contributed by atoms with Gasteiger partial charge in [-0.3, -0.25) is 10.1 Å². The van der Waals surface area contributed by atoms with E-state index in [4.69, 9.17) is 5.11 Å². The molecule has 0 aromatic carbocycles. The number of rotatable bonds is 2. The van der Waals surface area contributed by atoms with E-state index < -0.39 is 6.09 Å². The molecule has 22 heavy (non-hydrogen) atoms. The minimum absolute atomic E-state index is 0.0393. The number of carboxylic acid groups (broad SMARTS) is 1. The van der Waals surface area contributed by atoms with Crippen molar-refractivity contribution in [3.8, 4) is 0 Å². The van der Waals surface area contributed by atoms with Gasteiger partial charge in [0.25, 0.3) is 5.91 Å². The molecule has 1 aromatic rings. The molecule has 0 radical (unpaired) electrons. The third-order valence-electron chi connectivity index (χ3n) is 4.19. The predicted molar refractivity (Wildman–Crippen MR) is 84.3 cm³/mol. The molecule has 118 valence electrons. The maximum atomic E-state index is 12.9. The standard InChI is InChI=1S/C15H19N3O3S/c1-9-12(22-14(16-9)17-15(20)21)13(19)18-8-4-6-10-5-2-3-7-11(10)18/h2-8H2,1H3,(H,16,17)(H,20,21). The highest BCUT2D eigenvalue weighted by molar-refractivity contribution is 7.17. The van der Waals surface area contributed by atoms with Crippen molar-refractivity contribution < 1.29 is 14.7 Å². The predicted octanol–water partition coefficient (Wildman–Crippen LogP) is 3.61. The van der Waals surface area contributed by atoms with Crippen LogP contribution in [0.4, 0.5) is 9.93 Å². The fourth-order valence-electron chi connectivity index (χ4n) is 3.22. The van der Waals surface area contributed by atoms with Crippen LogP contribution >= 0.6 is 11.3 Å². The number of aryl methyl sites for hydroxylation is 1. The molecule has 2 aliphatic rings. The number of aromatic nitrogens is 1. The molecule has 7 heteroatoms. The van der Waals surface area contributed by atoms with Crippen molar-refractivity contribution >= 4 is 28.5 Å². The SMILES string of the molecule is Cc1nc(NC(=O)O)sc1C(=O)N1CCCC2=C1CCCC2. The minimum atomic E-state index is -1.16. The number of nitrogens with zero attached hydrogens (tertiary/aromatic N) is 2. The molecule has 0 bridgehead atoms. The zero-order chi connectivity index (χ0) is 15.7. The van der Waals surface area contributed by atoms with Crippen LogP contribution in [0, 0.1) is 6.92 Å². The molecule has 0 saturated carbocycles. The zero-order valence-corrected chi connectivity index (χ0v) is 13.3. The molecule has 0 saturated heterocycles. The molecule has 0 fully saturated rings. The van der Waals surface area contributed by atoms with E-state index in [9.17, 15) is 9.59 Å². The fourth-order valence-corrected chi connectivity index (χ4v) is 4.12. The topological polar surface area (TPSA) is 82.5 Å². The van der Waals surface area contributed by atoms with E-state index in [0.717, 1.165) is 50.0 Å². The van der Waals surface area contributed by atoms with Crippen LogP contribution in [0.3, 0.4) is 0 Å². The lowest BCUT2D eigenvalue weighted by molar-refractivity contribution is 0.0787. The molecule has 3 rings (SSSR count). The first-order valence-corrected chi connectivity index (χ1v) is 8.38. The fraction of sp³-hybridized carbons (Fsp3) is 0.533. The first-order chi connectivity index (χ1) is 10.6. The molecule has 1 aromatic heterocycles. The van der Waals surface area contributed by atoms with Gasteiger partial charge in [0, 0.05) is 12.2 Å². The van der Waals surface area contributed by atoms with Gasteiger partial charge in [0.05, 0.1) is 5.69 Å². The first kappa shape index (κ1) is 15.0. The summed E-state index contributed by atoms with van der Waals surface area (Å²) in [6.07, 6.45) is 5.37. The summed E-state index contributed by atoms with van der Waals surface area (Å²) < 4.78 is 0. The number of thiazole rings is 1. The Hall–Kier alpha value is -1.89. The summed E-state index contributed by atoms with van der Waals surface area (Å²) in [4.78, 5) is 30.1. The molecule has 0 atom stereocenters. The van der Waals surface area contributed by atoms with Crippen LogP contribution in [0.1, 0.15) is 53.9 Å². The third kappa shape index (κ3) is 2.85. The minimum Gasteiger partial charge on any atom is -0.465 e. The summed E-state index contributed by atoms with van der Waals surface area (Å²) in [7, 11) is 0. The largest absolute Gasteiger partial charge is 0.465 e. The second-order valence-corrected chi connectivity index (χ2v) is 6.68. The van der Waals surface area contributed by atoms with Gasteiger partial charge in [-0.05, 0) is 45.4 Å². The highest BCUT2D eigenvalue weighted by Gasteiger charge is 2.29. The molecule has 2 heterocycles. The molecule has 0 spiro atoms. The Bertz CT molecular complexity index is 646. The van der Waals surface area contributed by atoms with Crippen LogP contribution < -0.4 is 5.32 Å². The Morgan fingerprint density at radius 1 is 1.23 bits per heavy atom. The quantitative estimate of drug-likeness (QED) is 0.872. The molecule has 1 aliphatic heterocycles. The van der Waals surface area contributed by atoms with Gasteiger partial charge in [-0.1, -0.05) is 16.9 Å². The summed E-state index contributed by atoms with van der Waals surface area (Å²) >= 11 is 1.11. The molecular weight excluding hydrogens is 302 g/mol.